The van der Waals surface area contributed by atoms with Crippen LogP contribution in [0.1, 0.15) is 26.7 Å². The van der Waals surface area contributed by atoms with Crippen LogP contribution in [-0.2, 0) is 14.3 Å². The minimum absolute atomic E-state index is 0.0827. The van der Waals surface area contributed by atoms with Crippen molar-refractivity contribution in [3.63, 3.8) is 0 Å². The van der Waals surface area contributed by atoms with Gasteiger partial charge in [-0.3, -0.25) is 9.69 Å². The molecule has 1 atom stereocenters. The minimum Gasteiger partial charge on any atom is -0.482 e. The van der Waals surface area contributed by atoms with Gasteiger partial charge >= 0.3 is 5.97 Å². The maximum atomic E-state index is 12.5. The lowest BCUT2D eigenvalue weighted by Gasteiger charge is -2.34. The van der Waals surface area contributed by atoms with Crippen LogP contribution in [0.4, 0.5) is 5.69 Å². The van der Waals surface area contributed by atoms with Gasteiger partial charge in [0.05, 0.1) is 23.5 Å². The molecule has 0 aliphatic carbocycles. The first-order valence-corrected chi connectivity index (χ1v) is 9.24. The van der Waals surface area contributed by atoms with E-state index in [1.807, 2.05) is 37.4 Å². The van der Waals surface area contributed by atoms with E-state index in [1.165, 1.54) is 16.2 Å². The van der Waals surface area contributed by atoms with Crippen LogP contribution in [0.5, 0.6) is 5.75 Å². The van der Waals surface area contributed by atoms with E-state index >= 15 is 0 Å². The van der Waals surface area contributed by atoms with Crippen LogP contribution in [0.25, 0.3) is 11.3 Å². The van der Waals surface area contributed by atoms with Crippen LogP contribution in [0, 0.1) is 0 Å². The molecule has 132 valence electrons. The van der Waals surface area contributed by atoms with E-state index in [4.69, 9.17) is 9.47 Å². The Balaban J connectivity index is 1.98. The molecule has 0 spiro atoms. The molecule has 0 N–H and O–H groups in total. The maximum Gasteiger partial charge on any atom is 0.329 e. The van der Waals surface area contributed by atoms with E-state index < -0.39 is 6.04 Å². The Bertz CT molecular complexity index is 760. The number of carbonyl (C=O) groups is 2. The molecule has 7 heteroatoms. The standard InChI is InChI=1S/C18H20N2O4S/c1-3-7-23-18(22)14(4-2)20-15-8-12(13-10-25-11-19-13)5-6-16(15)24-9-17(20)21/h5-6,8,10-11,14H,3-4,7,9H2,1-2H3. The molecule has 6 nitrogen and oxygen atoms in total. The SMILES string of the molecule is CCCOC(=O)C(CC)N1C(=O)COc2ccc(-c3cscn3)cc21. The molecule has 2 aromatic rings. The van der Waals surface area contributed by atoms with Gasteiger partial charge in [0.25, 0.3) is 5.91 Å². The average molecular weight is 360 g/mol. The lowest BCUT2D eigenvalue weighted by molar-refractivity contribution is -0.146. The van der Waals surface area contributed by atoms with Gasteiger partial charge in [-0.1, -0.05) is 13.8 Å². The van der Waals surface area contributed by atoms with E-state index in [9.17, 15) is 9.59 Å². The van der Waals surface area contributed by atoms with Crippen LogP contribution < -0.4 is 9.64 Å². The lowest BCUT2D eigenvalue weighted by atomic mass is 10.1. The third-order valence-corrected chi connectivity index (χ3v) is 4.57. The predicted molar refractivity (Wildman–Crippen MR) is 95.9 cm³/mol. The lowest BCUT2D eigenvalue weighted by Crippen LogP contribution is -2.49. The van der Waals surface area contributed by atoms with Gasteiger partial charge in [-0.25, -0.2) is 9.78 Å². The summed E-state index contributed by atoms with van der Waals surface area (Å²) in [6.07, 6.45) is 1.21. The Morgan fingerprint density at radius 3 is 2.96 bits per heavy atom. The number of carbonyl (C=O) groups excluding carboxylic acids is 2. The molecule has 1 aliphatic rings. The normalized spacial score (nSPS) is 14.6. The van der Waals surface area contributed by atoms with Gasteiger partial charge in [-0.2, -0.15) is 0 Å². The average Bonchev–Trinajstić information content (AvgIpc) is 3.16. The molecule has 2 heterocycles. The fourth-order valence-corrected chi connectivity index (χ4v) is 3.34. The summed E-state index contributed by atoms with van der Waals surface area (Å²) in [5.74, 6) is -0.0480. The molecule has 1 aliphatic heterocycles. The predicted octanol–water partition coefficient (Wildman–Crippen LogP) is 3.27. The maximum absolute atomic E-state index is 12.5. The van der Waals surface area contributed by atoms with Crippen molar-refractivity contribution in [3.8, 4) is 17.0 Å². The van der Waals surface area contributed by atoms with Crippen LogP contribution in [-0.4, -0.2) is 36.1 Å². The Morgan fingerprint density at radius 2 is 2.28 bits per heavy atom. The summed E-state index contributed by atoms with van der Waals surface area (Å²) in [5.41, 5.74) is 4.04. The van der Waals surface area contributed by atoms with Gasteiger partial charge in [0.1, 0.15) is 11.8 Å². The second kappa shape index (κ2) is 7.65. The molecule has 0 radical (unpaired) electrons. The van der Waals surface area contributed by atoms with Crippen molar-refractivity contribution in [1.82, 2.24) is 4.98 Å². The number of benzene rings is 1. The summed E-state index contributed by atoms with van der Waals surface area (Å²) >= 11 is 1.50. The van der Waals surface area contributed by atoms with Crippen LogP contribution in [0.2, 0.25) is 0 Å². The Kier molecular flexibility index (Phi) is 5.33. The molecule has 3 rings (SSSR count). The van der Waals surface area contributed by atoms with Gasteiger partial charge in [0.15, 0.2) is 6.61 Å². The highest BCUT2D eigenvalue weighted by Gasteiger charge is 2.36. The van der Waals surface area contributed by atoms with E-state index in [1.54, 1.807) is 5.51 Å². The number of anilines is 1. The zero-order chi connectivity index (χ0) is 17.8. The fourth-order valence-electron chi connectivity index (χ4n) is 2.78. The van der Waals surface area contributed by atoms with Crippen molar-refractivity contribution in [1.29, 1.82) is 0 Å². The van der Waals surface area contributed by atoms with Crippen molar-refractivity contribution in [2.45, 2.75) is 32.7 Å². The second-order valence-electron chi connectivity index (χ2n) is 5.70. The molecule has 1 unspecified atom stereocenters. The van der Waals surface area contributed by atoms with Crippen LogP contribution in [0.3, 0.4) is 0 Å². The van der Waals surface area contributed by atoms with Crippen LogP contribution >= 0.6 is 11.3 Å². The number of aromatic nitrogens is 1. The van der Waals surface area contributed by atoms with Gasteiger partial charge in [0, 0.05) is 10.9 Å². The monoisotopic (exact) mass is 360 g/mol. The van der Waals surface area contributed by atoms with E-state index in [0.717, 1.165) is 17.7 Å². The molecule has 0 bridgehead atoms. The van der Waals surface area contributed by atoms with Gasteiger partial charge in [0.2, 0.25) is 0 Å². The molecule has 1 aromatic heterocycles. The smallest absolute Gasteiger partial charge is 0.329 e. The summed E-state index contributed by atoms with van der Waals surface area (Å²) in [7, 11) is 0. The molecule has 1 aromatic carbocycles. The van der Waals surface area contributed by atoms with Gasteiger partial charge in [-0.05, 0) is 31.0 Å². The topological polar surface area (TPSA) is 68.7 Å². The molecular formula is C18H20N2O4S. The number of rotatable bonds is 6. The number of ether oxygens (including phenoxy) is 2. The van der Waals surface area contributed by atoms with Crippen molar-refractivity contribution in [2.24, 2.45) is 0 Å². The van der Waals surface area contributed by atoms with Gasteiger partial charge < -0.3 is 9.47 Å². The highest BCUT2D eigenvalue weighted by Crippen LogP contribution is 2.37. The number of amides is 1. The molecule has 25 heavy (non-hydrogen) atoms. The number of nitrogens with zero attached hydrogens (tertiary/aromatic N) is 2. The summed E-state index contributed by atoms with van der Waals surface area (Å²) in [5, 5.41) is 1.93. The van der Waals surface area contributed by atoms with Crippen molar-refractivity contribution in [3.05, 3.63) is 29.1 Å². The van der Waals surface area contributed by atoms with Crippen molar-refractivity contribution in [2.75, 3.05) is 18.1 Å². The number of thiazole rings is 1. The molecular weight excluding hydrogens is 340 g/mol. The summed E-state index contributed by atoms with van der Waals surface area (Å²) < 4.78 is 10.8. The Labute approximate surface area is 150 Å². The number of esters is 1. The summed E-state index contributed by atoms with van der Waals surface area (Å²) in [6, 6.07) is 4.90. The van der Waals surface area contributed by atoms with Crippen molar-refractivity contribution < 1.29 is 19.1 Å². The highest BCUT2D eigenvalue weighted by molar-refractivity contribution is 7.07. The Morgan fingerprint density at radius 1 is 1.44 bits per heavy atom. The highest BCUT2D eigenvalue weighted by atomic mass is 32.1. The largest absolute Gasteiger partial charge is 0.482 e. The Hall–Kier alpha value is -2.41. The second-order valence-corrected chi connectivity index (χ2v) is 6.42. The van der Waals surface area contributed by atoms with E-state index in [2.05, 4.69) is 4.98 Å². The quantitative estimate of drug-likeness (QED) is 0.740. The van der Waals surface area contributed by atoms with E-state index in [0.29, 0.717) is 24.5 Å². The number of fused-ring (bicyclic) bond motifs is 1. The number of hydrogen-bond donors (Lipinski definition) is 0. The molecule has 0 saturated heterocycles. The molecule has 0 fully saturated rings. The van der Waals surface area contributed by atoms with Crippen molar-refractivity contribution >= 4 is 28.9 Å². The third kappa shape index (κ3) is 3.51. The summed E-state index contributed by atoms with van der Waals surface area (Å²) in [6.45, 7) is 4.06. The first-order valence-electron chi connectivity index (χ1n) is 8.29. The number of hydrogen-bond acceptors (Lipinski definition) is 6. The zero-order valence-electron chi connectivity index (χ0n) is 14.2. The van der Waals surface area contributed by atoms with Gasteiger partial charge in [-0.15, -0.1) is 11.3 Å². The third-order valence-electron chi connectivity index (χ3n) is 3.99. The summed E-state index contributed by atoms with van der Waals surface area (Å²) in [4.78, 5) is 30.8. The minimum atomic E-state index is -0.660. The van der Waals surface area contributed by atoms with Crippen LogP contribution in [0.15, 0.2) is 29.1 Å². The first-order chi connectivity index (χ1) is 12.2. The molecule has 0 saturated carbocycles. The van der Waals surface area contributed by atoms with E-state index in [-0.39, 0.29) is 18.5 Å². The zero-order valence-corrected chi connectivity index (χ0v) is 15.0. The fraction of sp³-hybridized carbons (Fsp3) is 0.389. The first kappa shape index (κ1) is 17.4. The molecule has 1 amide bonds.